The van der Waals surface area contributed by atoms with Crippen LogP contribution in [0.3, 0.4) is 0 Å². The standard InChI is InChI=1S/C16H13.C4H10N.2CH3.2ClH.H2Si.Ti/c1-12-10-14-8-5-9-15(16(14)11-12)13-6-3-2-4-7-13;1-4(2,3)5;;;;;;/h2-11H,1H3;5H,1-3H3;2*1H3;2*1H;1H2;/q;-1;;;;;;+1. The van der Waals surface area contributed by atoms with Crippen LogP contribution in [0.4, 0.5) is 0 Å². The van der Waals surface area contributed by atoms with E-state index in [1.165, 1.54) is 27.8 Å². The smallest absolute Gasteiger partial charge is 0.147 e. The van der Waals surface area contributed by atoms with Crippen LogP contribution >= 0.6 is 24.8 Å². The summed E-state index contributed by atoms with van der Waals surface area (Å²) in [5.41, 5.74) is 7.29. The van der Waals surface area contributed by atoms with Crippen molar-refractivity contribution in [2.24, 2.45) is 0 Å². The fourth-order valence-corrected chi connectivity index (χ4v) is 17.8. The van der Waals surface area contributed by atoms with E-state index < -0.39 is 14.3 Å². The average Bonchev–Trinajstić information content (AvgIpc) is 2.81. The van der Waals surface area contributed by atoms with Crippen LogP contribution in [0.5, 0.6) is 0 Å². The van der Waals surface area contributed by atoms with Gasteiger partial charge in [0.2, 0.25) is 0 Å². The zero-order valence-electron chi connectivity index (χ0n) is 17.3. The number of benzene rings is 2. The van der Waals surface area contributed by atoms with Crippen LogP contribution in [0.2, 0.25) is 10.5 Å². The largest absolute Gasteiger partial charge is 0.147 e. The van der Waals surface area contributed by atoms with Gasteiger partial charge in [0.15, 0.2) is 0 Å². The SMILES string of the molecule is CC1=Cc2c(-c3ccccc3)cccc2[CH]1[Ti]([CH3])([CH3])(=[SiH2])[NH]C(C)(C)C.Cl.Cl. The van der Waals surface area contributed by atoms with Crippen molar-refractivity contribution in [1.82, 2.24) is 3.80 Å². The second kappa shape index (κ2) is 8.18. The van der Waals surface area contributed by atoms with Crippen LogP contribution in [0.15, 0.2) is 54.1 Å². The molecule has 1 aliphatic carbocycles. The van der Waals surface area contributed by atoms with Gasteiger partial charge in [0.1, 0.15) is 0 Å². The molecule has 5 heteroatoms. The molecule has 0 heterocycles. The van der Waals surface area contributed by atoms with E-state index in [0.717, 1.165) is 0 Å². The van der Waals surface area contributed by atoms with Gasteiger partial charge in [-0.1, -0.05) is 0 Å². The first kappa shape index (κ1) is 24.7. The van der Waals surface area contributed by atoms with E-state index in [4.69, 9.17) is 0 Å². The molecule has 1 atom stereocenters. The fraction of sp³-hybridized carbons (Fsp3) is 0.364. The molecule has 148 valence electrons. The summed E-state index contributed by atoms with van der Waals surface area (Å²) in [5.74, 6) is 0. The maximum Gasteiger partial charge on any atom is -0.147 e. The molecule has 0 saturated carbocycles. The molecule has 27 heavy (non-hydrogen) atoms. The first-order chi connectivity index (χ1) is 11.5. The molecule has 0 bridgehead atoms. The minimum atomic E-state index is -2.92. The van der Waals surface area contributed by atoms with Crippen molar-refractivity contribution in [2.45, 2.75) is 47.9 Å². The van der Waals surface area contributed by atoms with Crippen molar-refractivity contribution in [1.29, 1.82) is 0 Å². The van der Waals surface area contributed by atoms with Crippen molar-refractivity contribution < 1.29 is 14.3 Å². The van der Waals surface area contributed by atoms with E-state index in [1.807, 2.05) is 0 Å². The van der Waals surface area contributed by atoms with Crippen molar-refractivity contribution in [3.8, 4) is 11.1 Å². The van der Waals surface area contributed by atoms with Crippen molar-refractivity contribution in [3.05, 3.63) is 65.2 Å². The third-order valence-corrected chi connectivity index (χ3v) is 14.0. The minimum Gasteiger partial charge on any atom is -0.147 e. The predicted octanol–water partition coefficient (Wildman–Crippen LogP) is 6.29. The molecule has 1 unspecified atom stereocenters. The first-order valence-electron chi connectivity index (χ1n) is 9.20. The van der Waals surface area contributed by atoms with Gasteiger partial charge >= 0.3 is 156 Å². The molecule has 0 fully saturated rings. The van der Waals surface area contributed by atoms with Gasteiger partial charge in [-0.05, 0) is 0 Å². The van der Waals surface area contributed by atoms with Crippen LogP contribution < -0.4 is 3.80 Å². The molecule has 0 aliphatic heterocycles. The average molecular weight is 458 g/mol. The third-order valence-electron chi connectivity index (χ3n) is 5.07. The van der Waals surface area contributed by atoms with Gasteiger partial charge in [0, 0.05) is 0 Å². The molecule has 1 aliphatic rings. The van der Waals surface area contributed by atoms with Gasteiger partial charge in [0.05, 0.1) is 0 Å². The zero-order chi connectivity index (χ0) is 18.5. The number of allylic oxidation sites excluding steroid dienone is 1. The molecule has 2 aromatic carbocycles. The molecule has 2 aromatic rings. The molecule has 0 amide bonds. The summed E-state index contributed by atoms with van der Waals surface area (Å²) in [6.07, 6.45) is 2.44. The van der Waals surface area contributed by atoms with Crippen molar-refractivity contribution in [2.75, 3.05) is 0 Å². The molecular formula is C22H33Cl2NSiTi. The number of halogens is 2. The monoisotopic (exact) mass is 457 g/mol. The van der Waals surface area contributed by atoms with Crippen molar-refractivity contribution >= 4 is 38.5 Å². The van der Waals surface area contributed by atoms with E-state index >= 15 is 0 Å². The van der Waals surface area contributed by atoms with Crippen LogP contribution in [0, 0.1) is 0 Å². The molecule has 0 aromatic heterocycles. The van der Waals surface area contributed by atoms with Crippen LogP contribution in [0.1, 0.15) is 43.0 Å². The normalized spacial score (nSPS) is 16.7. The van der Waals surface area contributed by atoms with Crippen molar-refractivity contribution in [3.63, 3.8) is 0 Å². The van der Waals surface area contributed by atoms with Gasteiger partial charge in [-0.3, -0.25) is 0 Å². The number of rotatable bonds is 3. The third kappa shape index (κ3) is 5.18. The molecule has 1 nitrogen and oxygen atoms in total. The van der Waals surface area contributed by atoms with E-state index in [-0.39, 0.29) is 30.4 Å². The molecule has 0 saturated heterocycles. The molecule has 3 rings (SSSR count). The predicted molar refractivity (Wildman–Crippen MR) is 126 cm³/mol. The summed E-state index contributed by atoms with van der Waals surface area (Å²) in [6.45, 7) is 9.22. The van der Waals surface area contributed by atoms with Crippen LogP contribution in [-0.2, 0) is 14.3 Å². The van der Waals surface area contributed by atoms with Gasteiger partial charge in [-0.25, -0.2) is 0 Å². The number of fused-ring (bicyclic) bond motifs is 1. The molecule has 0 radical (unpaired) electrons. The van der Waals surface area contributed by atoms with Gasteiger partial charge in [-0.15, -0.1) is 24.8 Å². The Labute approximate surface area is 180 Å². The Bertz CT molecular complexity index is 908. The topological polar surface area (TPSA) is 12.0 Å². The summed E-state index contributed by atoms with van der Waals surface area (Å²) in [6, 6.07) is 17.6. The van der Waals surface area contributed by atoms with Gasteiger partial charge in [-0.2, -0.15) is 0 Å². The molecular weight excluding hydrogens is 425 g/mol. The first-order valence-corrected chi connectivity index (χ1v) is 18.0. The Hall–Kier alpha value is -0.349. The number of hydrogen-bond donors (Lipinski definition) is 1. The number of hydrogen-bond acceptors (Lipinski definition) is 1. The van der Waals surface area contributed by atoms with E-state index in [1.54, 1.807) is 0 Å². The maximum atomic E-state index is 4.11. The summed E-state index contributed by atoms with van der Waals surface area (Å²) in [7, 11) is 2.28. The van der Waals surface area contributed by atoms with E-state index in [2.05, 4.69) is 104 Å². The second-order valence-electron chi connectivity index (χ2n) is 9.68. The fourth-order valence-electron chi connectivity index (χ4n) is 4.95. The second-order valence-corrected chi connectivity index (χ2v) is 28.7. The van der Waals surface area contributed by atoms with Gasteiger partial charge < -0.3 is 0 Å². The Balaban J connectivity index is 0.00000182. The maximum absolute atomic E-state index is 4.11. The Morgan fingerprint density at radius 2 is 1.52 bits per heavy atom. The summed E-state index contributed by atoms with van der Waals surface area (Å²) < 4.78 is 4.66. The molecule has 0 spiro atoms. The van der Waals surface area contributed by atoms with E-state index in [9.17, 15) is 0 Å². The Morgan fingerprint density at radius 3 is 2.07 bits per heavy atom. The quantitative estimate of drug-likeness (QED) is 0.533. The minimum absolute atomic E-state index is 0. The Kier molecular flexibility index (Phi) is 7.48. The zero-order valence-corrected chi connectivity index (χ0v) is 21.9. The summed E-state index contributed by atoms with van der Waals surface area (Å²) in [4.78, 5) is 0. The van der Waals surface area contributed by atoms with E-state index in [0.29, 0.717) is 4.22 Å². The number of nitrogens with one attached hydrogen (secondary N) is 1. The van der Waals surface area contributed by atoms with Crippen LogP contribution in [0.25, 0.3) is 17.2 Å². The van der Waals surface area contributed by atoms with Gasteiger partial charge in [0.25, 0.3) is 0 Å². The van der Waals surface area contributed by atoms with Crippen LogP contribution in [-0.4, -0.2) is 13.2 Å². The summed E-state index contributed by atoms with van der Waals surface area (Å²) >= 11 is -2.92. The summed E-state index contributed by atoms with van der Waals surface area (Å²) in [5, 5.41) is 5.10. The Morgan fingerprint density at radius 1 is 0.926 bits per heavy atom. The molecule has 1 N–H and O–H groups in total.